The number of imide groups is 1. The van der Waals surface area contributed by atoms with Crippen molar-refractivity contribution < 1.29 is 9.59 Å². The predicted molar refractivity (Wildman–Crippen MR) is 129 cm³/mol. The quantitative estimate of drug-likeness (QED) is 0.501. The summed E-state index contributed by atoms with van der Waals surface area (Å²) in [6.07, 6.45) is 0.534. The molecule has 2 N–H and O–H groups in total. The molecule has 0 bridgehead atoms. The molecule has 4 rings (SSSR count). The minimum atomic E-state index is -0.362. The van der Waals surface area contributed by atoms with Gasteiger partial charge in [-0.05, 0) is 35.6 Å². The summed E-state index contributed by atoms with van der Waals surface area (Å²) in [5.74, 6) is -0.203. The molecule has 1 heterocycles. The number of halogens is 1. The highest BCUT2D eigenvalue weighted by Gasteiger charge is 2.31. The molecule has 1 aliphatic heterocycles. The number of rotatable bonds is 7. The van der Waals surface area contributed by atoms with Crippen molar-refractivity contribution in [1.29, 1.82) is 0 Å². The molecule has 31 heavy (non-hydrogen) atoms. The van der Waals surface area contributed by atoms with Crippen LogP contribution in [-0.4, -0.2) is 16.4 Å². The van der Waals surface area contributed by atoms with Gasteiger partial charge in [0.15, 0.2) is 0 Å². The topological polar surface area (TPSA) is 58.2 Å². The summed E-state index contributed by atoms with van der Waals surface area (Å²) in [6.45, 7) is 2.17. The first-order valence-corrected chi connectivity index (χ1v) is 10.9. The summed E-state index contributed by atoms with van der Waals surface area (Å²) in [5, 5.41) is 5.51. The molecule has 0 saturated carbocycles. The van der Waals surface area contributed by atoms with E-state index < -0.39 is 0 Å². The lowest BCUT2D eigenvalue weighted by Gasteiger charge is -2.25. The van der Waals surface area contributed by atoms with E-state index >= 15 is 0 Å². The Morgan fingerprint density at radius 1 is 0.871 bits per heavy atom. The van der Waals surface area contributed by atoms with Crippen molar-refractivity contribution in [2.45, 2.75) is 30.7 Å². The Bertz CT molecular complexity index is 1030. The van der Waals surface area contributed by atoms with Crippen LogP contribution in [0.25, 0.3) is 0 Å². The monoisotopic (exact) mass is 452 g/mol. The summed E-state index contributed by atoms with van der Waals surface area (Å²) in [6, 6.07) is 29.2. The molecule has 4 nitrogen and oxygen atoms in total. The summed E-state index contributed by atoms with van der Waals surface area (Å²) in [7, 11) is 0. The summed E-state index contributed by atoms with van der Waals surface area (Å²) >= 11 is 1.07. The van der Waals surface area contributed by atoms with Gasteiger partial charge in [0.25, 0.3) is 5.24 Å². The average molecular weight is 453 g/mol. The van der Waals surface area contributed by atoms with Crippen molar-refractivity contribution in [2.75, 3.05) is 0 Å². The van der Waals surface area contributed by atoms with Gasteiger partial charge in [-0.1, -0.05) is 96.7 Å². The molecule has 1 aliphatic rings. The Morgan fingerprint density at radius 2 is 1.48 bits per heavy atom. The first kappa shape index (κ1) is 23.1. The van der Waals surface area contributed by atoms with Gasteiger partial charge < -0.3 is 0 Å². The van der Waals surface area contributed by atoms with Crippen molar-refractivity contribution in [3.63, 3.8) is 0 Å². The minimum absolute atomic E-state index is 0. The second-order valence-corrected chi connectivity index (χ2v) is 8.65. The van der Waals surface area contributed by atoms with Crippen LogP contribution >= 0.6 is 24.2 Å². The number of hydrogen-bond acceptors (Lipinski definition) is 4. The molecular weight excluding hydrogens is 428 g/mol. The Kier molecular flexibility index (Phi) is 7.91. The first-order chi connectivity index (χ1) is 14.6. The molecule has 2 amide bonds. The molecule has 160 valence electrons. The molecule has 3 atom stereocenters. The normalized spacial score (nSPS) is 17.5. The molecule has 2 unspecified atom stereocenters. The van der Waals surface area contributed by atoms with Crippen molar-refractivity contribution >= 4 is 35.3 Å². The van der Waals surface area contributed by atoms with E-state index in [4.69, 9.17) is 0 Å². The van der Waals surface area contributed by atoms with Gasteiger partial charge in [0.05, 0.1) is 11.3 Å². The molecule has 0 radical (unpaired) electrons. The van der Waals surface area contributed by atoms with Crippen molar-refractivity contribution in [2.24, 2.45) is 0 Å². The maximum Gasteiger partial charge on any atom is 0.286 e. The number of carbonyl (C=O) groups is 2. The molecular formula is C25H25ClN2O2S. The van der Waals surface area contributed by atoms with Crippen LogP contribution in [0.15, 0.2) is 84.9 Å². The first-order valence-electron chi connectivity index (χ1n) is 10.1. The SMILES string of the molecule is C[C@@H](NC(c1ccccc1)c1cccc(CC2SC(=O)NC2=O)c1)c1ccccc1.Cl. The minimum Gasteiger partial charge on any atom is -0.300 e. The van der Waals surface area contributed by atoms with Crippen LogP contribution in [0.4, 0.5) is 4.79 Å². The maximum absolute atomic E-state index is 12.0. The maximum atomic E-state index is 12.0. The van der Waals surface area contributed by atoms with Gasteiger partial charge in [0.1, 0.15) is 0 Å². The molecule has 3 aromatic carbocycles. The van der Waals surface area contributed by atoms with E-state index in [0.29, 0.717) is 6.42 Å². The standard InChI is InChI=1S/C25H24N2O2S.ClH/c1-17(19-10-4-2-5-11-19)26-23(20-12-6-3-7-13-20)21-14-8-9-18(15-21)16-22-24(28)27-25(29)30-22;/h2-15,17,22-23,26H,16H2,1H3,(H,27,28,29);1H/t17-,22?,23?;/m1./s1. The van der Waals surface area contributed by atoms with Crippen molar-refractivity contribution in [3.05, 3.63) is 107 Å². The Hall–Kier alpha value is -2.60. The van der Waals surface area contributed by atoms with Crippen LogP contribution in [0.2, 0.25) is 0 Å². The second-order valence-electron chi connectivity index (χ2n) is 7.48. The van der Waals surface area contributed by atoms with Gasteiger partial charge in [0.2, 0.25) is 5.91 Å². The van der Waals surface area contributed by atoms with Crippen molar-refractivity contribution in [1.82, 2.24) is 10.6 Å². The van der Waals surface area contributed by atoms with E-state index in [1.165, 1.54) is 11.1 Å². The fourth-order valence-corrected chi connectivity index (χ4v) is 4.62. The van der Waals surface area contributed by atoms with Crippen LogP contribution < -0.4 is 10.6 Å². The van der Waals surface area contributed by atoms with Crippen LogP contribution in [0, 0.1) is 0 Å². The van der Waals surface area contributed by atoms with E-state index in [1.807, 2.05) is 36.4 Å². The van der Waals surface area contributed by atoms with Gasteiger partial charge in [-0.15, -0.1) is 12.4 Å². The van der Waals surface area contributed by atoms with Crippen LogP contribution in [0.5, 0.6) is 0 Å². The summed E-state index contributed by atoms with van der Waals surface area (Å²) in [5.41, 5.74) is 4.59. The van der Waals surface area contributed by atoms with Crippen molar-refractivity contribution in [3.8, 4) is 0 Å². The predicted octanol–water partition coefficient (Wildman–Crippen LogP) is 5.44. The van der Waals surface area contributed by atoms with Gasteiger partial charge in [-0.2, -0.15) is 0 Å². The zero-order valence-corrected chi connectivity index (χ0v) is 18.8. The van der Waals surface area contributed by atoms with E-state index in [9.17, 15) is 9.59 Å². The number of benzene rings is 3. The lowest BCUT2D eigenvalue weighted by atomic mass is 9.94. The summed E-state index contributed by atoms with van der Waals surface area (Å²) < 4.78 is 0. The van der Waals surface area contributed by atoms with Gasteiger partial charge in [-0.3, -0.25) is 20.2 Å². The molecule has 1 saturated heterocycles. The summed E-state index contributed by atoms with van der Waals surface area (Å²) in [4.78, 5) is 23.5. The molecule has 3 aromatic rings. The Morgan fingerprint density at radius 3 is 2.10 bits per heavy atom. The highest BCUT2D eigenvalue weighted by atomic mass is 35.5. The van der Waals surface area contributed by atoms with E-state index in [0.717, 1.165) is 22.9 Å². The largest absolute Gasteiger partial charge is 0.300 e. The van der Waals surface area contributed by atoms with Crippen LogP contribution in [0.3, 0.4) is 0 Å². The van der Waals surface area contributed by atoms with E-state index in [1.54, 1.807) is 0 Å². The van der Waals surface area contributed by atoms with Gasteiger partial charge in [-0.25, -0.2) is 0 Å². The zero-order chi connectivity index (χ0) is 20.9. The number of carbonyl (C=O) groups excluding carboxylic acids is 2. The number of hydrogen-bond donors (Lipinski definition) is 2. The van der Waals surface area contributed by atoms with E-state index in [2.05, 4.69) is 66.1 Å². The third kappa shape index (κ3) is 5.76. The van der Waals surface area contributed by atoms with E-state index in [-0.39, 0.29) is 40.9 Å². The second kappa shape index (κ2) is 10.6. The van der Waals surface area contributed by atoms with Gasteiger partial charge in [0, 0.05) is 6.04 Å². The fraction of sp³-hybridized carbons (Fsp3) is 0.200. The third-order valence-electron chi connectivity index (χ3n) is 5.32. The molecule has 0 aliphatic carbocycles. The Balaban J connectivity index is 0.00000272. The zero-order valence-electron chi connectivity index (χ0n) is 17.2. The van der Waals surface area contributed by atoms with Crippen LogP contribution in [-0.2, 0) is 11.2 Å². The average Bonchev–Trinajstić information content (AvgIpc) is 3.09. The lowest BCUT2D eigenvalue weighted by molar-refractivity contribution is -0.118. The highest BCUT2D eigenvalue weighted by Crippen LogP contribution is 2.28. The number of nitrogens with one attached hydrogen (secondary N) is 2. The molecule has 1 fully saturated rings. The molecule has 0 spiro atoms. The molecule has 0 aromatic heterocycles. The lowest BCUT2D eigenvalue weighted by Crippen LogP contribution is -2.26. The van der Waals surface area contributed by atoms with Crippen LogP contribution in [0.1, 0.15) is 41.3 Å². The number of thioether (sulfide) groups is 1. The molecule has 6 heteroatoms. The Labute approximate surface area is 193 Å². The fourth-order valence-electron chi connectivity index (χ4n) is 3.76. The smallest absolute Gasteiger partial charge is 0.286 e. The van der Waals surface area contributed by atoms with Gasteiger partial charge >= 0.3 is 0 Å². The number of amides is 2. The highest BCUT2D eigenvalue weighted by molar-refractivity contribution is 8.15. The third-order valence-corrected chi connectivity index (χ3v) is 6.30.